The second-order valence-electron chi connectivity index (χ2n) is 7.04. The van der Waals surface area contributed by atoms with Crippen molar-refractivity contribution in [3.63, 3.8) is 0 Å². The zero-order valence-corrected chi connectivity index (χ0v) is 16.9. The molecule has 0 saturated heterocycles. The van der Waals surface area contributed by atoms with Gasteiger partial charge in [-0.05, 0) is 36.5 Å². The first-order chi connectivity index (χ1) is 13.0. The standard InChI is InChI=1S/C19H21N5OS2/c1-11(2)12-3-5-13(6-4-12)18-21-15(10-27-18)17(25)20-9-16-22-23-19(26)24(16)14-7-8-14/h3-6,10-11,14H,7-9H2,1-2H3,(H,20,25)(H,23,26). The van der Waals surface area contributed by atoms with Gasteiger partial charge in [-0.1, -0.05) is 38.1 Å². The highest BCUT2D eigenvalue weighted by Gasteiger charge is 2.27. The molecule has 0 unspecified atom stereocenters. The number of benzene rings is 1. The second-order valence-corrected chi connectivity index (χ2v) is 8.29. The monoisotopic (exact) mass is 399 g/mol. The van der Waals surface area contributed by atoms with Crippen molar-refractivity contribution in [1.82, 2.24) is 25.1 Å². The Morgan fingerprint density at radius 1 is 1.37 bits per heavy atom. The van der Waals surface area contributed by atoms with E-state index in [-0.39, 0.29) is 5.91 Å². The molecule has 0 spiro atoms. The maximum Gasteiger partial charge on any atom is 0.271 e. The van der Waals surface area contributed by atoms with Crippen molar-refractivity contribution in [1.29, 1.82) is 0 Å². The van der Waals surface area contributed by atoms with Gasteiger partial charge >= 0.3 is 0 Å². The molecule has 27 heavy (non-hydrogen) atoms. The van der Waals surface area contributed by atoms with Crippen LogP contribution in [0.25, 0.3) is 10.6 Å². The topological polar surface area (TPSA) is 75.6 Å². The SMILES string of the molecule is CC(C)c1ccc(-c2nc(C(=O)NCc3n[nH]c(=S)n3C3CC3)cs2)cc1. The summed E-state index contributed by atoms with van der Waals surface area (Å²) in [5, 5.41) is 12.6. The number of thiazole rings is 1. The lowest BCUT2D eigenvalue weighted by atomic mass is 10.0. The highest BCUT2D eigenvalue weighted by atomic mass is 32.1. The Labute approximate surface area is 166 Å². The van der Waals surface area contributed by atoms with Crippen molar-refractivity contribution >= 4 is 29.5 Å². The number of rotatable bonds is 6. The number of H-pyrrole nitrogens is 1. The molecule has 4 rings (SSSR count). The third kappa shape index (κ3) is 3.86. The molecule has 1 aliphatic carbocycles. The van der Waals surface area contributed by atoms with Crippen LogP contribution in [0.3, 0.4) is 0 Å². The number of aromatic nitrogens is 4. The molecule has 1 aliphatic rings. The zero-order valence-electron chi connectivity index (χ0n) is 15.2. The fourth-order valence-electron chi connectivity index (χ4n) is 2.94. The van der Waals surface area contributed by atoms with E-state index in [1.165, 1.54) is 16.9 Å². The average Bonchev–Trinajstić information content (AvgIpc) is 3.25. The summed E-state index contributed by atoms with van der Waals surface area (Å²) in [4.78, 5) is 17.0. The Morgan fingerprint density at radius 2 is 2.11 bits per heavy atom. The summed E-state index contributed by atoms with van der Waals surface area (Å²) in [6.07, 6.45) is 2.22. The van der Waals surface area contributed by atoms with Gasteiger partial charge in [-0.3, -0.25) is 14.5 Å². The molecule has 0 aliphatic heterocycles. The van der Waals surface area contributed by atoms with E-state index in [9.17, 15) is 4.79 Å². The lowest BCUT2D eigenvalue weighted by Crippen LogP contribution is -2.25. The number of carbonyl (C=O) groups excluding carboxylic acids is 1. The molecule has 140 valence electrons. The average molecular weight is 400 g/mol. The van der Waals surface area contributed by atoms with Crippen LogP contribution in [0.2, 0.25) is 0 Å². The number of carbonyl (C=O) groups is 1. The first kappa shape index (κ1) is 18.1. The van der Waals surface area contributed by atoms with Crippen molar-refractivity contribution in [2.75, 3.05) is 0 Å². The van der Waals surface area contributed by atoms with Crippen LogP contribution in [0.15, 0.2) is 29.6 Å². The molecule has 0 radical (unpaired) electrons. The van der Waals surface area contributed by atoms with E-state index < -0.39 is 0 Å². The lowest BCUT2D eigenvalue weighted by Gasteiger charge is -2.06. The third-order valence-electron chi connectivity index (χ3n) is 4.66. The summed E-state index contributed by atoms with van der Waals surface area (Å²) in [6, 6.07) is 8.76. The van der Waals surface area contributed by atoms with Gasteiger partial charge in [0.2, 0.25) is 0 Å². The summed E-state index contributed by atoms with van der Waals surface area (Å²) >= 11 is 6.74. The minimum atomic E-state index is -0.201. The maximum atomic E-state index is 12.5. The molecule has 1 amide bonds. The van der Waals surface area contributed by atoms with Crippen LogP contribution >= 0.6 is 23.6 Å². The van der Waals surface area contributed by atoms with Gasteiger partial charge in [-0.15, -0.1) is 11.3 Å². The van der Waals surface area contributed by atoms with Crippen molar-refractivity contribution in [3.05, 3.63) is 51.5 Å². The lowest BCUT2D eigenvalue weighted by molar-refractivity contribution is 0.0945. The first-order valence-electron chi connectivity index (χ1n) is 9.02. The molecule has 1 fully saturated rings. The van der Waals surface area contributed by atoms with Gasteiger partial charge in [0.15, 0.2) is 10.6 Å². The smallest absolute Gasteiger partial charge is 0.271 e. The highest BCUT2D eigenvalue weighted by Crippen LogP contribution is 2.35. The van der Waals surface area contributed by atoms with E-state index in [0.29, 0.717) is 29.0 Å². The van der Waals surface area contributed by atoms with Crippen LogP contribution < -0.4 is 5.32 Å². The summed E-state index contributed by atoms with van der Waals surface area (Å²) in [6.45, 7) is 4.67. The second kappa shape index (κ2) is 7.36. The molecular formula is C19H21N5OS2. The van der Waals surface area contributed by atoms with Gasteiger partial charge in [-0.2, -0.15) is 5.10 Å². The van der Waals surface area contributed by atoms with Crippen molar-refractivity contribution in [2.45, 2.75) is 45.2 Å². The van der Waals surface area contributed by atoms with Crippen LogP contribution in [0, 0.1) is 4.77 Å². The molecule has 2 aromatic heterocycles. The fourth-order valence-corrected chi connectivity index (χ4v) is 4.05. The fraction of sp³-hybridized carbons (Fsp3) is 0.368. The zero-order chi connectivity index (χ0) is 19.0. The van der Waals surface area contributed by atoms with E-state index in [1.54, 1.807) is 5.38 Å². The predicted molar refractivity (Wildman–Crippen MR) is 108 cm³/mol. The molecule has 6 nitrogen and oxygen atoms in total. The minimum absolute atomic E-state index is 0.201. The predicted octanol–water partition coefficient (Wildman–Crippen LogP) is 4.45. The van der Waals surface area contributed by atoms with Gasteiger partial charge in [0.05, 0.1) is 6.54 Å². The quantitative estimate of drug-likeness (QED) is 0.600. The van der Waals surface area contributed by atoms with Crippen LogP contribution in [-0.4, -0.2) is 25.7 Å². The van der Waals surface area contributed by atoms with Gasteiger partial charge in [0.25, 0.3) is 5.91 Å². The van der Waals surface area contributed by atoms with Gasteiger partial charge in [0.1, 0.15) is 10.7 Å². The molecule has 1 saturated carbocycles. The summed E-state index contributed by atoms with van der Waals surface area (Å²) in [5.74, 6) is 1.05. The number of hydrogen-bond donors (Lipinski definition) is 2. The Hall–Kier alpha value is -2.32. The molecule has 0 bridgehead atoms. The van der Waals surface area contributed by atoms with E-state index in [0.717, 1.165) is 29.2 Å². The number of nitrogens with one attached hydrogen (secondary N) is 2. The third-order valence-corrected chi connectivity index (χ3v) is 5.84. The van der Waals surface area contributed by atoms with Crippen LogP contribution in [0.1, 0.15) is 60.5 Å². The summed E-state index contributed by atoms with van der Waals surface area (Å²) in [7, 11) is 0. The molecular weight excluding hydrogens is 378 g/mol. The van der Waals surface area contributed by atoms with Gasteiger partial charge in [-0.25, -0.2) is 4.98 Å². The Bertz CT molecular complexity index is 1010. The van der Waals surface area contributed by atoms with Crippen molar-refractivity contribution in [3.8, 4) is 10.6 Å². The van der Waals surface area contributed by atoms with Crippen LogP contribution in [-0.2, 0) is 6.54 Å². The minimum Gasteiger partial charge on any atom is -0.343 e. The van der Waals surface area contributed by atoms with E-state index in [2.05, 4.69) is 58.6 Å². The summed E-state index contributed by atoms with van der Waals surface area (Å²) < 4.78 is 2.61. The van der Waals surface area contributed by atoms with Crippen molar-refractivity contribution < 1.29 is 4.79 Å². The summed E-state index contributed by atoms with van der Waals surface area (Å²) in [5.41, 5.74) is 2.74. The molecule has 2 heterocycles. The number of aromatic amines is 1. The van der Waals surface area contributed by atoms with E-state index in [4.69, 9.17) is 12.2 Å². The molecule has 8 heteroatoms. The highest BCUT2D eigenvalue weighted by molar-refractivity contribution is 7.71. The van der Waals surface area contributed by atoms with Gasteiger partial charge < -0.3 is 5.32 Å². The Kier molecular flexibility index (Phi) is 4.92. The maximum absolute atomic E-state index is 12.5. The largest absolute Gasteiger partial charge is 0.343 e. The van der Waals surface area contributed by atoms with Crippen LogP contribution in [0.4, 0.5) is 0 Å². The van der Waals surface area contributed by atoms with Crippen LogP contribution in [0.5, 0.6) is 0 Å². The number of nitrogens with zero attached hydrogens (tertiary/aromatic N) is 3. The molecule has 3 aromatic rings. The normalized spacial score (nSPS) is 13.9. The Morgan fingerprint density at radius 3 is 2.78 bits per heavy atom. The Balaban J connectivity index is 1.43. The number of hydrogen-bond acceptors (Lipinski definition) is 5. The van der Waals surface area contributed by atoms with Gasteiger partial charge in [0, 0.05) is 17.0 Å². The van der Waals surface area contributed by atoms with E-state index in [1.807, 2.05) is 4.57 Å². The molecule has 1 aromatic carbocycles. The first-order valence-corrected chi connectivity index (χ1v) is 10.3. The van der Waals surface area contributed by atoms with Crippen molar-refractivity contribution in [2.24, 2.45) is 0 Å². The molecule has 2 N–H and O–H groups in total. The molecule has 0 atom stereocenters. The number of amides is 1. The van der Waals surface area contributed by atoms with E-state index >= 15 is 0 Å².